The van der Waals surface area contributed by atoms with Crippen molar-refractivity contribution in [3.63, 3.8) is 0 Å². The number of carbonyl (C=O) groups is 2. The minimum Gasteiger partial charge on any atom is -0.454 e. The van der Waals surface area contributed by atoms with Crippen LogP contribution >= 0.6 is 11.8 Å². The molecule has 1 unspecified atom stereocenters. The topological polar surface area (TPSA) is 89.8 Å². The molecule has 9 nitrogen and oxygen atoms in total. The zero-order chi connectivity index (χ0) is 29.8. The Kier molecular flexibility index (Phi) is 8.64. The van der Waals surface area contributed by atoms with Crippen LogP contribution in [0.3, 0.4) is 0 Å². The number of aryl methyl sites for hydroxylation is 1. The van der Waals surface area contributed by atoms with Gasteiger partial charge in [0.2, 0.25) is 12.7 Å². The molecule has 1 aromatic heterocycles. The van der Waals surface area contributed by atoms with Crippen molar-refractivity contribution in [3.8, 4) is 28.6 Å². The third-order valence-corrected chi connectivity index (χ3v) is 8.85. The summed E-state index contributed by atoms with van der Waals surface area (Å²) in [5.74, 6) is 2.99. The molecule has 1 atom stereocenters. The van der Waals surface area contributed by atoms with Crippen LogP contribution in [0.1, 0.15) is 42.1 Å². The van der Waals surface area contributed by atoms with Crippen LogP contribution in [-0.2, 0) is 4.79 Å². The number of amides is 2. The summed E-state index contributed by atoms with van der Waals surface area (Å²) in [7, 11) is 0. The van der Waals surface area contributed by atoms with E-state index in [1.165, 1.54) is 5.56 Å². The van der Waals surface area contributed by atoms with E-state index >= 15 is 0 Å². The van der Waals surface area contributed by atoms with E-state index in [4.69, 9.17) is 9.47 Å². The van der Waals surface area contributed by atoms with E-state index in [9.17, 15) is 9.59 Å². The SMILES string of the molecule is Cc1ccc(-c2nnc(SCCCCC(=O)N3CCN(C(=O)c4ccc5c(c4)OCO5)C(C)C3)n2-c2ccccc2)cc1. The molecule has 1 fully saturated rings. The van der Waals surface area contributed by atoms with Crippen LogP contribution in [0, 0.1) is 6.92 Å². The average Bonchev–Trinajstić information content (AvgIpc) is 3.68. The van der Waals surface area contributed by atoms with Crippen molar-refractivity contribution in [3.05, 3.63) is 83.9 Å². The molecule has 10 heteroatoms. The molecule has 3 heterocycles. The summed E-state index contributed by atoms with van der Waals surface area (Å²) in [5, 5.41) is 9.89. The van der Waals surface area contributed by atoms with E-state index in [1.54, 1.807) is 30.0 Å². The second kappa shape index (κ2) is 12.9. The van der Waals surface area contributed by atoms with Gasteiger partial charge in [-0.05, 0) is 57.0 Å². The maximum absolute atomic E-state index is 13.2. The molecular weight excluding hydrogens is 562 g/mol. The lowest BCUT2D eigenvalue weighted by Gasteiger charge is -2.40. The predicted octanol–water partition coefficient (Wildman–Crippen LogP) is 5.61. The van der Waals surface area contributed by atoms with Gasteiger partial charge in [-0.1, -0.05) is 59.8 Å². The summed E-state index contributed by atoms with van der Waals surface area (Å²) in [6.07, 6.45) is 2.17. The van der Waals surface area contributed by atoms with Crippen molar-refractivity contribution >= 4 is 23.6 Å². The molecule has 0 saturated carbocycles. The van der Waals surface area contributed by atoms with Crippen LogP contribution in [0.25, 0.3) is 17.1 Å². The number of carbonyl (C=O) groups excluding carboxylic acids is 2. The Morgan fingerprint density at radius 3 is 2.51 bits per heavy atom. The van der Waals surface area contributed by atoms with Crippen LogP contribution in [0.5, 0.6) is 11.5 Å². The van der Waals surface area contributed by atoms with Crippen LogP contribution in [0.4, 0.5) is 0 Å². The average molecular weight is 598 g/mol. The van der Waals surface area contributed by atoms with Gasteiger partial charge in [-0.15, -0.1) is 10.2 Å². The quantitative estimate of drug-likeness (QED) is 0.183. The van der Waals surface area contributed by atoms with Gasteiger partial charge in [-0.3, -0.25) is 14.2 Å². The molecule has 3 aromatic carbocycles. The van der Waals surface area contributed by atoms with Gasteiger partial charge in [-0.25, -0.2) is 0 Å². The highest BCUT2D eigenvalue weighted by Gasteiger charge is 2.31. The summed E-state index contributed by atoms with van der Waals surface area (Å²) in [5.41, 5.74) is 3.81. The normalized spacial score (nSPS) is 16.0. The predicted molar refractivity (Wildman–Crippen MR) is 166 cm³/mol. The molecule has 2 aliphatic rings. The zero-order valence-corrected chi connectivity index (χ0v) is 25.3. The van der Waals surface area contributed by atoms with Gasteiger partial charge in [0.15, 0.2) is 22.5 Å². The molecule has 6 rings (SSSR count). The highest BCUT2D eigenvalue weighted by atomic mass is 32.2. The van der Waals surface area contributed by atoms with Crippen molar-refractivity contribution in [2.75, 3.05) is 32.2 Å². The molecule has 1 saturated heterocycles. The van der Waals surface area contributed by atoms with Gasteiger partial charge in [0.25, 0.3) is 5.91 Å². The largest absolute Gasteiger partial charge is 0.454 e. The number of hydrogen-bond donors (Lipinski definition) is 0. The number of piperazine rings is 1. The number of fused-ring (bicyclic) bond motifs is 1. The number of ether oxygens (including phenoxy) is 2. The Bertz CT molecular complexity index is 1590. The Hall–Kier alpha value is -4.31. The van der Waals surface area contributed by atoms with Gasteiger partial charge >= 0.3 is 0 Å². The minimum absolute atomic E-state index is 0.0520. The highest BCUT2D eigenvalue weighted by molar-refractivity contribution is 7.99. The van der Waals surface area contributed by atoms with Crippen molar-refractivity contribution in [1.82, 2.24) is 24.6 Å². The van der Waals surface area contributed by atoms with Gasteiger partial charge in [0.05, 0.1) is 0 Å². The molecule has 43 heavy (non-hydrogen) atoms. The van der Waals surface area contributed by atoms with E-state index in [0.29, 0.717) is 43.1 Å². The fourth-order valence-corrected chi connectivity index (χ4v) is 6.39. The van der Waals surface area contributed by atoms with E-state index in [1.807, 2.05) is 34.9 Å². The lowest BCUT2D eigenvalue weighted by molar-refractivity contribution is -0.133. The number of rotatable bonds is 9. The van der Waals surface area contributed by atoms with Crippen LogP contribution in [0.15, 0.2) is 78.0 Å². The molecular formula is C33H35N5O4S. The van der Waals surface area contributed by atoms with Crippen LogP contribution in [-0.4, -0.2) is 74.6 Å². The van der Waals surface area contributed by atoms with Crippen LogP contribution < -0.4 is 9.47 Å². The zero-order valence-electron chi connectivity index (χ0n) is 24.4. The first-order chi connectivity index (χ1) is 21.0. The Labute approximate surface area is 255 Å². The molecule has 0 aliphatic carbocycles. The summed E-state index contributed by atoms with van der Waals surface area (Å²) in [6, 6.07) is 23.7. The molecule has 0 N–H and O–H groups in total. The second-order valence-electron chi connectivity index (χ2n) is 10.9. The van der Waals surface area contributed by atoms with Crippen LogP contribution in [0.2, 0.25) is 0 Å². The minimum atomic E-state index is -0.0711. The molecule has 0 bridgehead atoms. The lowest BCUT2D eigenvalue weighted by Crippen LogP contribution is -2.55. The first kappa shape index (κ1) is 28.8. The second-order valence-corrected chi connectivity index (χ2v) is 12.0. The number of aromatic nitrogens is 3. The fraction of sp³-hybridized carbons (Fsp3) is 0.333. The van der Waals surface area contributed by atoms with E-state index in [0.717, 1.165) is 40.8 Å². The van der Waals surface area contributed by atoms with Gasteiger partial charge in [0, 0.05) is 54.7 Å². The summed E-state index contributed by atoms with van der Waals surface area (Å²) < 4.78 is 12.9. The van der Waals surface area contributed by atoms with Gasteiger partial charge in [0.1, 0.15) is 0 Å². The standard InChI is InChI=1S/C33H35N5O4S/c1-23-11-13-25(14-12-23)31-34-35-33(38(31)27-8-4-3-5-9-27)43-19-7-6-10-30(39)36-17-18-37(24(2)21-36)32(40)26-15-16-28-29(20-26)42-22-41-28/h3-5,8-9,11-16,20,24H,6-7,10,17-19,21-22H2,1-2H3. The number of benzene rings is 3. The van der Waals surface area contributed by atoms with E-state index in [-0.39, 0.29) is 24.6 Å². The monoisotopic (exact) mass is 597 g/mol. The van der Waals surface area contributed by atoms with Crippen molar-refractivity contribution in [2.24, 2.45) is 0 Å². The number of hydrogen-bond acceptors (Lipinski definition) is 7. The van der Waals surface area contributed by atoms with Gasteiger partial charge in [-0.2, -0.15) is 0 Å². The third kappa shape index (κ3) is 6.39. The molecule has 0 radical (unpaired) electrons. The summed E-state index contributed by atoms with van der Waals surface area (Å²) in [4.78, 5) is 29.9. The number of para-hydroxylation sites is 1. The number of thioether (sulfide) groups is 1. The molecule has 222 valence electrons. The first-order valence-corrected chi connectivity index (χ1v) is 15.7. The highest BCUT2D eigenvalue weighted by Crippen LogP contribution is 2.33. The van der Waals surface area contributed by atoms with Crippen molar-refractivity contribution < 1.29 is 19.1 Å². The van der Waals surface area contributed by atoms with Crippen molar-refractivity contribution in [2.45, 2.75) is 44.3 Å². The molecule has 4 aromatic rings. The third-order valence-electron chi connectivity index (χ3n) is 7.83. The Balaban J connectivity index is 0.998. The number of nitrogens with zero attached hydrogens (tertiary/aromatic N) is 5. The Morgan fingerprint density at radius 1 is 0.930 bits per heavy atom. The van der Waals surface area contributed by atoms with Gasteiger partial charge < -0.3 is 19.3 Å². The van der Waals surface area contributed by atoms with E-state index in [2.05, 4.69) is 58.1 Å². The maximum Gasteiger partial charge on any atom is 0.254 e. The number of unbranched alkanes of at least 4 members (excludes halogenated alkanes) is 1. The Morgan fingerprint density at radius 2 is 1.72 bits per heavy atom. The molecule has 0 spiro atoms. The van der Waals surface area contributed by atoms with E-state index < -0.39 is 0 Å². The summed E-state index contributed by atoms with van der Waals surface area (Å²) >= 11 is 1.66. The smallest absolute Gasteiger partial charge is 0.254 e. The van der Waals surface area contributed by atoms with Crippen molar-refractivity contribution in [1.29, 1.82) is 0 Å². The molecule has 2 aliphatic heterocycles. The molecule has 2 amide bonds. The first-order valence-electron chi connectivity index (χ1n) is 14.7. The summed E-state index contributed by atoms with van der Waals surface area (Å²) in [6.45, 7) is 5.82. The maximum atomic E-state index is 13.2. The lowest BCUT2D eigenvalue weighted by atomic mass is 10.1. The fourth-order valence-electron chi connectivity index (χ4n) is 5.44.